The van der Waals surface area contributed by atoms with E-state index in [0.29, 0.717) is 24.3 Å². The quantitative estimate of drug-likeness (QED) is 0.855. The van der Waals surface area contributed by atoms with Gasteiger partial charge in [0.1, 0.15) is 0 Å². The normalized spacial score (nSPS) is 16.9. The number of rotatable bonds is 2. The van der Waals surface area contributed by atoms with Crippen molar-refractivity contribution in [2.75, 3.05) is 25.9 Å². The Labute approximate surface area is 107 Å². The van der Waals surface area contributed by atoms with Gasteiger partial charge in [-0.3, -0.25) is 9.78 Å². The molecule has 0 atom stereocenters. The maximum atomic E-state index is 12.3. The molecule has 1 fully saturated rings. The van der Waals surface area contributed by atoms with Crippen molar-refractivity contribution in [3.63, 3.8) is 0 Å². The molecule has 0 unspecified atom stereocenters. The van der Waals surface area contributed by atoms with Crippen molar-refractivity contribution < 1.29 is 9.53 Å². The van der Waals surface area contributed by atoms with Crippen LogP contribution < -0.4 is 5.73 Å². The molecule has 1 amide bonds. The van der Waals surface area contributed by atoms with Gasteiger partial charge in [0.05, 0.1) is 11.7 Å². The summed E-state index contributed by atoms with van der Waals surface area (Å²) in [6.45, 7) is 3.28. The number of likely N-dealkylation sites (tertiary alicyclic amines) is 1. The number of nitrogen functional groups attached to an aromatic ring is 1. The number of carbonyl (C=O) groups excluding carboxylic acids is 1. The first-order valence-corrected chi connectivity index (χ1v) is 6.16. The molecule has 5 nitrogen and oxygen atoms in total. The third kappa shape index (κ3) is 2.61. The zero-order valence-corrected chi connectivity index (χ0v) is 10.8. The summed E-state index contributed by atoms with van der Waals surface area (Å²) in [5, 5.41) is 0. The Kier molecular flexibility index (Phi) is 3.81. The molecule has 0 bridgehead atoms. The van der Waals surface area contributed by atoms with Crippen LogP contribution in [-0.2, 0) is 4.74 Å². The van der Waals surface area contributed by atoms with Gasteiger partial charge in [-0.25, -0.2) is 0 Å². The largest absolute Gasteiger partial charge is 0.398 e. The number of nitrogens with zero attached hydrogens (tertiary/aromatic N) is 2. The van der Waals surface area contributed by atoms with Crippen molar-refractivity contribution >= 4 is 11.6 Å². The van der Waals surface area contributed by atoms with Gasteiger partial charge in [-0.05, 0) is 25.8 Å². The van der Waals surface area contributed by atoms with E-state index in [-0.39, 0.29) is 12.0 Å². The minimum atomic E-state index is -0.0328. The summed E-state index contributed by atoms with van der Waals surface area (Å²) in [6.07, 6.45) is 3.58. The Morgan fingerprint density at radius 3 is 2.72 bits per heavy atom. The summed E-state index contributed by atoms with van der Waals surface area (Å²) in [7, 11) is 1.71. The number of nitrogens with two attached hydrogens (primary N) is 1. The smallest absolute Gasteiger partial charge is 0.257 e. The number of hydrogen-bond donors (Lipinski definition) is 1. The van der Waals surface area contributed by atoms with E-state index < -0.39 is 0 Å². The van der Waals surface area contributed by atoms with E-state index >= 15 is 0 Å². The summed E-state index contributed by atoms with van der Waals surface area (Å²) in [5.41, 5.74) is 7.69. The molecule has 2 N–H and O–H groups in total. The molecule has 0 aromatic carbocycles. The predicted octanol–water partition coefficient (Wildman–Crippen LogP) is 1.22. The van der Waals surface area contributed by atoms with Crippen molar-refractivity contribution in [3.05, 3.63) is 23.5 Å². The van der Waals surface area contributed by atoms with Crippen LogP contribution in [0.15, 0.2) is 12.3 Å². The Morgan fingerprint density at radius 1 is 1.50 bits per heavy atom. The molecule has 0 saturated carbocycles. The van der Waals surface area contributed by atoms with Gasteiger partial charge in [0.25, 0.3) is 5.91 Å². The topological polar surface area (TPSA) is 68.5 Å². The second-order valence-electron chi connectivity index (χ2n) is 4.64. The Balaban J connectivity index is 2.08. The fourth-order valence-electron chi connectivity index (χ4n) is 2.22. The number of ether oxygens (including phenoxy) is 1. The number of amides is 1. The SMILES string of the molecule is COC1CCN(C(=O)c2cnc(C)cc2N)CC1. The van der Waals surface area contributed by atoms with Crippen LogP contribution in [0.4, 0.5) is 5.69 Å². The zero-order chi connectivity index (χ0) is 13.1. The van der Waals surface area contributed by atoms with Crippen LogP contribution in [0.25, 0.3) is 0 Å². The third-order valence-corrected chi connectivity index (χ3v) is 3.37. The average molecular weight is 249 g/mol. The van der Waals surface area contributed by atoms with Gasteiger partial charge < -0.3 is 15.4 Å². The lowest BCUT2D eigenvalue weighted by molar-refractivity contribution is 0.0351. The van der Waals surface area contributed by atoms with Crippen LogP contribution in [0.5, 0.6) is 0 Å². The standard InChI is InChI=1S/C13H19N3O2/c1-9-7-12(14)11(8-15-9)13(17)16-5-3-10(18-2)4-6-16/h7-8,10H,3-6H2,1-2H3,(H2,14,15). The highest BCUT2D eigenvalue weighted by Crippen LogP contribution is 2.18. The van der Waals surface area contributed by atoms with Crippen molar-refractivity contribution in [2.24, 2.45) is 0 Å². The number of methoxy groups -OCH3 is 1. The molecule has 1 aliphatic rings. The molecule has 0 aliphatic carbocycles. The highest BCUT2D eigenvalue weighted by Gasteiger charge is 2.24. The molecule has 1 aromatic heterocycles. The van der Waals surface area contributed by atoms with Crippen molar-refractivity contribution in [1.29, 1.82) is 0 Å². The first-order valence-electron chi connectivity index (χ1n) is 6.16. The highest BCUT2D eigenvalue weighted by atomic mass is 16.5. The van der Waals surface area contributed by atoms with E-state index in [1.54, 1.807) is 19.4 Å². The molecule has 1 aliphatic heterocycles. The van der Waals surface area contributed by atoms with Crippen LogP contribution in [0.3, 0.4) is 0 Å². The van der Waals surface area contributed by atoms with E-state index in [2.05, 4.69) is 4.98 Å². The second kappa shape index (κ2) is 5.35. The highest BCUT2D eigenvalue weighted by molar-refractivity contribution is 5.98. The van der Waals surface area contributed by atoms with Crippen LogP contribution in [0.1, 0.15) is 28.9 Å². The average Bonchev–Trinajstić information content (AvgIpc) is 2.38. The molecule has 1 saturated heterocycles. The Hall–Kier alpha value is -1.62. The van der Waals surface area contributed by atoms with Crippen molar-refractivity contribution in [1.82, 2.24) is 9.88 Å². The number of pyridine rings is 1. The lowest BCUT2D eigenvalue weighted by Gasteiger charge is -2.31. The predicted molar refractivity (Wildman–Crippen MR) is 69.3 cm³/mol. The monoisotopic (exact) mass is 249 g/mol. The van der Waals surface area contributed by atoms with E-state index in [1.807, 2.05) is 11.8 Å². The minimum Gasteiger partial charge on any atom is -0.398 e. The molecule has 18 heavy (non-hydrogen) atoms. The lowest BCUT2D eigenvalue weighted by Crippen LogP contribution is -2.40. The van der Waals surface area contributed by atoms with Crippen LogP contribution in [-0.4, -0.2) is 42.1 Å². The maximum absolute atomic E-state index is 12.3. The Morgan fingerprint density at radius 2 is 2.17 bits per heavy atom. The van der Waals surface area contributed by atoms with Gasteiger partial charge in [-0.1, -0.05) is 0 Å². The Bertz CT molecular complexity index is 440. The van der Waals surface area contributed by atoms with Gasteiger partial charge in [-0.15, -0.1) is 0 Å². The van der Waals surface area contributed by atoms with Gasteiger partial charge in [-0.2, -0.15) is 0 Å². The van der Waals surface area contributed by atoms with E-state index in [0.717, 1.165) is 18.5 Å². The maximum Gasteiger partial charge on any atom is 0.257 e. The first kappa shape index (κ1) is 12.8. The minimum absolute atomic E-state index is 0.0328. The molecular weight excluding hydrogens is 230 g/mol. The number of hydrogen-bond acceptors (Lipinski definition) is 4. The van der Waals surface area contributed by atoms with E-state index in [4.69, 9.17) is 10.5 Å². The molecule has 98 valence electrons. The summed E-state index contributed by atoms with van der Waals surface area (Å²) >= 11 is 0. The zero-order valence-electron chi connectivity index (χ0n) is 10.8. The van der Waals surface area contributed by atoms with Crippen molar-refractivity contribution in [3.8, 4) is 0 Å². The van der Waals surface area contributed by atoms with Crippen LogP contribution in [0, 0.1) is 6.92 Å². The number of aryl methyl sites for hydroxylation is 1. The number of carbonyl (C=O) groups is 1. The molecule has 0 spiro atoms. The summed E-state index contributed by atoms with van der Waals surface area (Å²) in [5.74, 6) is -0.0328. The lowest BCUT2D eigenvalue weighted by atomic mass is 10.1. The third-order valence-electron chi connectivity index (χ3n) is 3.37. The second-order valence-corrected chi connectivity index (χ2v) is 4.64. The van der Waals surface area contributed by atoms with Crippen molar-refractivity contribution in [2.45, 2.75) is 25.9 Å². The number of aromatic nitrogens is 1. The first-order chi connectivity index (χ1) is 8.61. The fourth-order valence-corrected chi connectivity index (χ4v) is 2.22. The van der Waals surface area contributed by atoms with E-state index in [1.165, 1.54) is 0 Å². The summed E-state index contributed by atoms with van der Waals surface area (Å²) in [6, 6.07) is 1.73. The van der Waals surface area contributed by atoms with Crippen LogP contribution >= 0.6 is 0 Å². The van der Waals surface area contributed by atoms with Gasteiger partial charge in [0.2, 0.25) is 0 Å². The molecule has 1 aromatic rings. The molecule has 2 heterocycles. The van der Waals surface area contributed by atoms with Crippen LogP contribution in [0.2, 0.25) is 0 Å². The molecular formula is C13H19N3O2. The van der Waals surface area contributed by atoms with Gasteiger partial charge >= 0.3 is 0 Å². The number of piperidine rings is 1. The van der Waals surface area contributed by atoms with Gasteiger partial charge in [0, 0.05) is 37.8 Å². The number of anilines is 1. The molecule has 0 radical (unpaired) electrons. The fraction of sp³-hybridized carbons (Fsp3) is 0.538. The molecule has 5 heteroatoms. The summed E-state index contributed by atoms with van der Waals surface area (Å²) < 4.78 is 5.29. The summed E-state index contributed by atoms with van der Waals surface area (Å²) in [4.78, 5) is 18.2. The van der Waals surface area contributed by atoms with Gasteiger partial charge in [0.15, 0.2) is 0 Å². The molecule has 2 rings (SSSR count). The van der Waals surface area contributed by atoms with E-state index in [9.17, 15) is 4.79 Å².